The third-order valence-electron chi connectivity index (χ3n) is 4.01. The number of rotatable bonds is 3. The molecule has 1 aliphatic rings. The second-order valence-corrected chi connectivity index (χ2v) is 5.26. The summed E-state index contributed by atoms with van der Waals surface area (Å²) in [6, 6.07) is 12.7. The minimum absolute atomic E-state index is 0.409. The highest BCUT2D eigenvalue weighted by molar-refractivity contribution is 5.98. The summed E-state index contributed by atoms with van der Waals surface area (Å²) in [5.41, 5.74) is 1.87. The zero-order valence-corrected chi connectivity index (χ0v) is 11.8. The van der Waals surface area contributed by atoms with E-state index in [2.05, 4.69) is 33.8 Å². The van der Waals surface area contributed by atoms with E-state index in [0.717, 1.165) is 35.5 Å². The number of hydrogen-bond donors (Lipinski definition) is 1. The zero-order valence-electron chi connectivity index (χ0n) is 11.8. The van der Waals surface area contributed by atoms with Gasteiger partial charge in [0.25, 0.3) is 0 Å². The molecule has 5 heteroatoms. The van der Waals surface area contributed by atoms with Crippen LogP contribution in [0.1, 0.15) is 6.04 Å². The summed E-state index contributed by atoms with van der Waals surface area (Å²) >= 11 is 0. The van der Waals surface area contributed by atoms with E-state index in [4.69, 9.17) is 4.74 Å². The maximum atomic E-state index is 5.53. The van der Waals surface area contributed by atoms with Gasteiger partial charge in [-0.1, -0.05) is 35.5 Å². The van der Waals surface area contributed by atoms with Crippen molar-refractivity contribution in [3.8, 4) is 17.0 Å². The first-order chi connectivity index (χ1) is 10.4. The van der Waals surface area contributed by atoms with E-state index in [1.807, 2.05) is 29.1 Å². The van der Waals surface area contributed by atoms with E-state index in [9.17, 15) is 0 Å². The molecule has 106 valence electrons. The summed E-state index contributed by atoms with van der Waals surface area (Å²) in [7, 11) is 1.69. The first-order valence-corrected chi connectivity index (χ1v) is 7.05. The fraction of sp³-hybridized carbons (Fsp3) is 0.250. The van der Waals surface area contributed by atoms with Crippen LogP contribution < -0.4 is 10.1 Å². The van der Waals surface area contributed by atoms with E-state index >= 15 is 0 Å². The molecular weight excluding hydrogens is 264 g/mol. The summed E-state index contributed by atoms with van der Waals surface area (Å²) in [5, 5.41) is 14.2. The zero-order chi connectivity index (χ0) is 14.2. The summed E-state index contributed by atoms with van der Waals surface area (Å²) in [4.78, 5) is 0. The van der Waals surface area contributed by atoms with Crippen molar-refractivity contribution in [3.63, 3.8) is 0 Å². The van der Waals surface area contributed by atoms with Crippen LogP contribution in [0.4, 0.5) is 0 Å². The summed E-state index contributed by atoms with van der Waals surface area (Å²) < 4.78 is 7.47. The number of benzene rings is 2. The first-order valence-electron chi connectivity index (χ1n) is 7.05. The minimum Gasteiger partial charge on any atom is -0.496 e. The Bertz CT molecular complexity index is 792. The molecule has 0 unspecified atom stereocenters. The quantitative estimate of drug-likeness (QED) is 0.799. The smallest absolute Gasteiger partial charge is 0.129 e. The van der Waals surface area contributed by atoms with Crippen LogP contribution in [-0.4, -0.2) is 35.2 Å². The second kappa shape index (κ2) is 4.86. The number of aromatic nitrogens is 3. The summed E-state index contributed by atoms with van der Waals surface area (Å²) in [6.45, 7) is 1.91. The van der Waals surface area contributed by atoms with E-state index in [0.29, 0.717) is 6.04 Å². The van der Waals surface area contributed by atoms with Crippen LogP contribution in [0.2, 0.25) is 0 Å². The standard InChI is InChI=1S/C16H16N4O/c1-21-15-7-6-11-4-2-3-5-13(11)16(15)14-10-20(19-18-14)12-8-17-9-12/h2-7,10,12,17H,8-9H2,1H3. The molecule has 2 heterocycles. The SMILES string of the molecule is COc1ccc2ccccc2c1-c1cn(C2CNC2)nn1. The molecule has 1 N–H and O–H groups in total. The summed E-state index contributed by atoms with van der Waals surface area (Å²) in [6.07, 6.45) is 2.01. The Labute approximate surface area is 122 Å². The summed E-state index contributed by atoms with van der Waals surface area (Å²) in [5.74, 6) is 0.826. The van der Waals surface area contributed by atoms with E-state index < -0.39 is 0 Å². The number of fused-ring (bicyclic) bond motifs is 1. The molecule has 1 saturated heterocycles. The average molecular weight is 280 g/mol. The fourth-order valence-corrected chi connectivity index (χ4v) is 2.72. The molecule has 1 aliphatic heterocycles. The number of methoxy groups -OCH3 is 1. The highest BCUT2D eigenvalue weighted by Gasteiger charge is 2.21. The predicted molar refractivity (Wildman–Crippen MR) is 81.4 cm³/mol. The van der Waals surface area contributed by atoms with Gasteiger partial charge in [-0.15, -0.1) is 5.10 Å². The largest absolute Gasteiger partial charge is 0.496 e. The van der Waals surface area contributed by atoms with Crippen molar-refractivity contribution in [1.82, 2.24) is 20.3 Å². The van der Waals surface area contributed by atoms with Crippen LogP contribution in [0.3, 0.4) is 0 Å². The van der Waals surface area contributed by atoms with Crippen molar-refractivity contribution < 1.29 is 4.74 Å². The van der Waals surface area contributed by atoms with Gasteiger partial charge >= 0.3 is 0 Å². The van der Waals surface area contributed by atoms with Gasteiger partial charge in [0.05, 0.1) is 24.9 Å². The Morgan fingerprint density at radius 2 is 2.05 bits per heavy atom. The molecular formula is C16H16N4O. The maximum absolute atomic E-state index is 5.53. The van der Waals surface area contributed by atoms with Crippen molar-refractivity contribution in [2.75, 3.05) is 20.2 Å². The van der Waals surface area contributed by atoms with Crippen LogP contribution in [0.25, 0.3) is 22.0 Å². The normalized spacial score (nSPS) is 15.1. The van der Waals surface area contributed by atoms with Gasteiger partial charge in [-0.05, 0) is 16.8 Å². The lowest BCUT2D eigenvalue weighted by Crippen LogP contribution is -2.43. The van der Waals surface area contributed by atoms with Gasteiger partial charge in [-0.3, -0.25) is 0 Å². The third kappa shape index (κ3) is 1.97. The monoisotopic (exact) mass is 280 g/mol. The third-order valence-corrected chi connectivity index (χ3v) is 4.01. The Kier molecular flexibility index (Phi) is 2.86. The van der Waals surface area contributed by atoms with Crippen LogP contribution in [0, 0.1) is 0 Å². The van der Waals surface area contributed by atoms with Crippen LogP contribution in [0.5, 0.6) is 5.75 Å². The van der Waals surface area contributed by atoms with E-state index in [-0.39, 0.29) is 0 Å². The van der Waals surface area contributed by atoms with E-state index in [1.165, 1.54) is 5.39 Å². The maximum Gasteiger partial charge on any atom is 0.129 e. The number of nitrogens with zero attached hydrogens (tertiary/aromatic N) is 3. The second-order valence-electron chi connectivity index (χ2n) is 5.26. The highest BCUT2D eigenvalue weighted by atomic mass is 16.5. The molecule has 4 rings (SSSR count). The lowest BCUT2D eigenvalue weighted by Gasteiger charge is -2.26. The van der Waals surface area contributed by atoms with Crippen molar-refractivity contribution in [1.29, 1.82) is 0 Å². The van der Waals surface area contributed by atoms with Crippen molar-refractivity contribution >= 4 is 10.8 Å². The van der Waals surface area contributed by atoms with Crippen LogP contribution in [0.15, 0.2) is 42.6 Å². The van der Waals surface area contributed by atoms with Gasteiger partial charge in [-0.25, -0.2) is 4.68 Å². The average Bonchev–Trinajstić information content (AvgIpc) is 2.93. The van der Waals surface area contributed by atoms with Crippen LogP contribution >= 0.6 is 0 Å². The molecule has 0 aliphatic carbocycles. The van der Waals surface area contributed by atoms with Crippen molar-refractivity contribution in [3.05, 3.63) is 42.6 Å². The van der Waals surface area contributed by atoms with Gasteiger partial charge in [0.2, 0.25) is 0 Å². The molecule has 0 spiro atoms. The van der Waals surface area contributed by atoms with Gasteiger partial charge < -0.3 is 10.1 Å². The van der Waals surface area contributed by atoms with Gasteiger partial charge in [0.15, 0.2) is 0 Å². The Hall–Kier alpha value is -2.40. The molecule has 0 bridgehead atoms. The first kappa shape index (κ1) is 12.3. The van der Waals surface area contributed by atoms with Crippen LogP contribution in [-0.2, 0) is 0 Å². The number of ether oxygens (including phenoxy) is 1. The molecule has 5 nitrogen and oxygen atoms in total. The fourth-order valence-electron chi connectivity index (χ4n) is 2.72. The molecule has 1 fully saturated rings. The molecule has 1 aromatic heterocycles. The highest BCUT2D eigenvalue weighted by Crippen LogP contribution is 2.36. The minimum atomic E-state index is 0.409. The van der Waals surface area contributed by atoms with E-state index in [1.54, 1.807) is 7.11 Å². The number of nitrogens with one attached hydrogen (secondary N) is 1. The van der Waals surface area contributed by atoms with Gasteiger partial charge in [-0.2, -0.15) is 0 Å². The molecule has 3 aromatic rings. The predicted octanol–water partition coefficient (Wildman–Crippen LogP) is 2.25. The Morgan fingerprint density at radius 1 is 1.19 bits per heavy atom. The molecule has 0 saturated carbocycles. The lowest BCUT2D eigenvalue weighted by atomic mass is 10.0. The molecule has 2 aromatic carbocycles. The lowest BCUT2D eigenvalue weighted by molar-refractivity contribution is 0.313. The van der Waals surface area contributed by atoms with Crippen molar-refractivity contribution in [2.24, 2.45) is 0 Å². The molecule has 21 heavy (non-hydrogen) atoms. The Balaban J connectivity index is 1.89. The topological polar surface area (TPSA) is 52.0 Å². The van der Waals surface area contributed by atoms with Gasteiger partial charge in [0, 0.05) is 13.1 Å². The molecule has 0 radical (unpaired) electrons. The Morgan fingerprint density at radius 3 is 2.81 bits per heavy atom. The van der Waals surface area contributed by atoms with Crippen molar-refractivity contribution in [2.45, 2.75) is 6.04 Å². The molecule has 0 amide bonds. The molecule has 0 atom stereocenters. The number of hydrogen-bond acceptors (Lipinski definition) is 4. The van der Waals surface area contributed by atoms with Gasteiger partial charge in [0.1, 0.15) is 11.4 Å².